The highest BCUT2D eigenvalue weighted by molar-refractivity contribution is 7.98. The van der Waals surface area contributed by atoms with Gasteiger partial charge in [-0.15, -0.1) is 11.3 Å². The van der Waals surface area contributed by atoms with Gasteiger partial charge in [0.25, 0.3) is 0 Å². The van der Waals surface area contributed by atoms with Crippen LogP contribution in [-0.2, 0) is 12.3 Å². The molecule has 0 radical (unpaired) electrons. The lowest BCUT2D eigenvalue weighted by molar-refractivity contribution is 1.03. The van der Waals surface area contributed by atoms with Crippen molar-refractivity contribution in [3.8, 4) is 0 Å². The molecule has 4 N–H and O–H groups in total. The summed E-state index contributed by atoms with van der Waals surface area (Å²) in [4.78, 5) is 5.96. The van der Waals surface area contributed by atoms with Crippen LogP contribution < -0.4 is 22.0 Å². The maximum atomic E-state index is 6.32. The number of nitrogens with two attached hydrogens (primary N) is 2. The third-order valence-corrected chi connectivity index (χ3v) is 5.28. The summed E-state index contributed by atoms with van der Waals surface area (Å²) in [6, 6.07) is 8.48. The Kier molecular flexibility index (Phi) is 4.10. The molecular formula is C15H17N3S2. The number of rotatable bonds is 4. The molecule has 1 aliphatic rings. The van der Waals surface area contributed by atoms with E-state index in [0.717, 1.165) is 46.4 Å². The van der Waals surface area contributed by atoms with Crippen LogP contribution in [0, 0.1) is 0 Å². The third-order valence-electron chi connectivity index (χ3n) is 3.31. The van der Waals surface area contributed by atoms with Gasteiger partial charge in [-0.3, -0.25) is 4.99 Å². The molecule has 1 aromatic heterocycles. The van der Waals surface area contributed by atoms with E-state index in [1.165, 1.54) is 10.4 Å². The van der Waals surface area contributed by atoms with E-state index in [1.54, 1.807) is 11.3 Å². The molecule has 20 heavy (non-hydrogen) atoms. The molecule has 0 fully saturated rings. The highest BCUT2D eigenvalue weighted by atomic mass is 32.2. The van der Waals surface area contributed by atoms with Crippen molar-refractivity contribution in [1.29, 1.82) is 0 Å². The van der Waals surface area contributed by atoms with Crippen molar-refractivity contribution < 1.29 is 0 Å². The average Bonchev–Trinajstić information content (AvgIpc) is 2.89. The average molecular weight is 303 g/mol. The highest BCUT2D eigenvalue weighted by Gasteiger charge is 2.11. The maximum Gasteiger partial charge on any atom is 0.0746 e. The zero-order valence-electron chi connectivity index (χ0n) is 11.1. The predicted octanol–water partition coefficient (Wildman–Crippen LogP) is 1.19. The van der Waals surface area contributed by atoms with E-state index < -0.39 is 0 Å². The van der Waals surface area contributed by atoms with Crippen molar-refractivity contribution in [2.75, 3.05) is 12.3 Å². The van der Waals surface area contributed by atoms with Gasteiger partial charge in [0.1, 0.15) is 0 Å². The van der Waals surface area contributed by atoms with Crippen molar-refractivity contribution in [2.24, 2.45) is 16.5 Å². The predicted molar refractivity (Wildman–Crippen MR) is 87.2 cm³/mol. The van der Waals surface area contributed by atoms with Gasteiger partial charge in [-0.1, -0.05) is 12.1 Å². The number of fused-ring (bicyclic) bond motifs is 2. The zero-order chi connectivity index (χ0) is 13.9. The Morgan fingerprint density at radius 1 is 1.30 bits per heavy atom. The Labute approximate surface area is 126 Å². The molecule has 0 amide bonds. The lowest BCUT2D eigenvalue weighted by Gasteiger charge is -2.02. The number of hydrogen-bond donors (Lipinski definition) is 2. The Morgan fingerprint density at radius 3 is 3.05 bits per heavy atom. The molecule has 0 saturated heterocycles. The minimum atomic E-state index is 0.722. The van der Waals surface area contributed by atoms with Gasteiger partial charge in [0.15, 0.2) is 0 Å². The fourth-order valence-corrected chi connectivity index (χ4v) is 3.84. The SMILES string of the molecule is NCCSCc1ccc2c(c1)=NCc1sccc1C=2N. The summed E-state index contributed by atoms with van der Waals surface area (Å²) in [5.74, 6) is 1.96. The van der Waals surface area contributed by atoms with E-state index in [-0.39, 0.29) is 0 Å². The Morgan fingerprint density at radius 2 is 2.20 bits per heavy atom. The van der Waals surface area contributed by atoms with E-state index in [1.807, 2.05) is 11.8 Å². The zero-order valence-corrected chi connectivity index (χ0v) is 12.8. The molecule has 0 bridgehead atoms. The molecule has 3 rings (SSSR count). The van der Waals surface area contributed by atoms with Gasteiger partial charge in [0.2, 0.25) is 0 Å². The molecule has 1 aromatic carbocycles. The monoisotopic (exact) mass is 303 g/mol. The standard InChI is InChI=1S/C15H17N3S2/c16-4-6-19-9-10-1-2-11-13(7-10)18-8-14-12(15(11)17)3-5-20-14/h1-3,5,7H,4,6,8-9,16-17H2. The molecule has 5 heteroatoms. The van der Waals surface area contributed by atoms with Crippen LogP contribution in [-0.4, -0.2) is 12.3 Å². The van der Waals surface area contributed by atoms with E-state index in [4.69, 9.17) is 16.5 Å². The van der Waals surface area contributed by atoms with Gasteiger partial charge >= 0.3 is 0 Å². The number of hydrogen-bond acceptors (Lipinski definition) is 5. The fourth-order valence-electron chi connectivity index (χ4n) is 2.30. The topological polar surface area (TPSA) is 64.4 Å². The molecular weight excluding hydrogens is 286 g/mol. The van der Waals surface area contributed by atoms with E-state index >= 15 is 0 Å². The number of thiophene rings is 1. The minimum absolute atomic E-state index is 0.722. The Balaban J connectivity index is 2.02. The van der Waals surface area contributed by atoms with Gasteiger partial charge in [0, 0.05) is 39.4 Å². The molecule has 0 aliphatic carbocycles. The quantitative estimate of drug-likeness (QED) is 0.834. The van der Waals surface area contributed by atoms with Gasteiger partial charge in [-0.2, -0.15) is 11.8 Å². The smallest absolute Gasteiger partial charge is 0.0746 e. The number of thioether (sulfide) groups is 1. The van der Waals surface area contributed by atoms with Crippen molar-refractivity contribution in [3.05, 3.63) is 56.2 Å². The molecule has 3 nitrogen and oxygen atoms in total. The Bertz CT molecular complexity index is 734. The summed E-state index contributed by atoms with van der Waals surface area (Å²) in [6.07, 6.45) is 0. The molecule has 2 aromatic rings. The number of nitrogens with zero attached hydrogens (tertiary/aromatic N) is 1. The highest BCUT2D eigenvalue weighted by Crippen LogP contribution is 2.22. The molecule has 2 heterocycles. The van der Waals surface area contributed by atoms with E-state index in [0.29, 0.717) is 0 Å². The van der Waals surface area contributed by atoms with Crippen LogP contribution in [0.1, 0.15) is 16.0 Å². The lowest BCUT2D eigenvalue weighted by Crippen LogP contribution is -2.29. The van der Waals surface area contributed by atoms with Gasteiger partial charge in [0.05, 0.1) is 11.9 Å². The van der Waals surface area contributed by atoms with Crippen LogP contribution >= 0.6 is 23.1 Å². The summed E-state index contributed by atoms with van der Waals surface area (Å²) in [5.41, 5.74) is 15.1. The van der Waals surface area contributed by atoms with Crippen LogP contribution in [0.2, 0.25) is 0 Å². The van der Waals surface area contributed by atoms with E-state index in [2.05, 4.69) is 29.6 Å². The second-order valence-corrected chi connectivity index (χ2v) is 6.79. The minimum Gasteiger partial charge on any atom is -0.398 e. The molecule has 1 aliphatic heterocycles. The van der Waals surface area contributed by atoms with Crippen LogP contribution in [0.15, 0.2) is 34.6 Å². The summed E-state index contributed by atoms with van der Waals surface area (Å²) in [5, 5.41) is 4.14. The first-order valence-electron chi connectivity index (χ1n) is 6.57. The van der Waals surface area contributed by atoms with E-state index in [9.17, 15) is 0 Å². The second-order valence-electron chi connectivity index (χ2n) is 4.68. The third kappa shape index (κ3) is 2.61. The van der Waals surface area contributed by atoms with Crippen molar-refractivity contribution in [3.63, 3.8) is 0 Å². The van der Waals surface area contributed by atoms with Gasteiger partial charge < -0.3 is 11.5 Å². The Hall–Kier alpha value is -1.30. The van der Waals surface area contributed by atoms with Crippen molar-refractivity contribution in [1.82, 2.24) is 0 Å². The summed E-state index contributed by atoms with van der Waals surface area (Å²) in [6.45, 7) is 1.45. The molecule has 0 atom stereocenters. The normalized spacial score (nSPS) is 13.3. The van der Waals surface area contributed by atoms with Crippen LogP contribution in [0.3, 0.4) is 0 Å². The summed E-state index contributed by atoms with van der Waals surface area (Å²) < 4.78 is 0. The van der Waals surface area contributed by atoms with Crippen LogP contribution in [0.5, 0.6) is 0 Å². The molecule has 104 valence electrons. The van der Waals surface area contributed by atoms with Crippen molar-refractivity contribution in [2.45, 2.75) is 12.3 Å². The van der Waals surface area contributed by atoms with Gasteiger partial charge in [-0.25, -0.2) is 0 Å². The second kappa shape index (κ2) is 5.99. The lowest BCUT2D eigenvalue weighted by atomic mass is 10.1. The van der Waals surface area contributed by atoms with Gasteiger partial charge in [-0.05, 0) is 23.1 Å². The molecule has 0 spiro atoms. The van der Waals surface area contributed by atoms with Crippen molar-refractivity contribution >= 4 is 28.8 Å². The molecule has 0 unspecified atom stereocenters. The van der Waals surface area contributed by atoms with Crippen LogP contribution in [0.4, 0.5) is 0 Å². The van der Waals surface area contributed by atoms with Crippen LogP contribution in [0.25, 0.3) is 5.70 Å². The first-order chi connectivity index (χ1) is 9.79. The summed E-state index contributed by atoms with van der Waals surface area (Å²) >= 11 is 3.57. The number of benzene rings is 1. The fraction of sp³-hybridized carbons (Fsp3) is 0.267. The molecule has 0 saturated carbocycles. The first kappa shape index (κ1) is 13.7. The summed E-state index contributed by atoms with van der Waals surface area (Å²) in [7, 11) is 0. The first-order valence-corrected chi connectivity index (χ1v) is 8.61. The largest absolute Gasteiger partial charge is 0.398 e. The maximum absolute atomic E-state index is 6.32.